The molecule has 0 saturated carbocycles. The Hall–Kier alpha value is -2.73. The van der Waals surface area contributed by atoms with Crippen LogP contribution in [0.1, 0.15) is 49.5 Å². The third-order valence-electron chi connectivity index (χ3n) is 3.76. The molecule has 156 valence electrons. The Labute approximate surface area is 176 Å². The molecule has 0 fully saturated rings. The van der Waals surface area contributed by atoms with Gasteiger partial charge in [0.25, 0.3) is 5.91 Å². The molecule has 0 unspecified atom stereocenters. The second kappa shape index (κ2) is 12.0. The quantitative estimate of drug-likeness (QED) is 0.408. The molecule has 29 heavy (non-hydrogen) atoms. The number of rotatable bonds is 11. The first-order valence-electron chi connectivity index (χ1n) is 9.74. The number of halogens is 1. The van der Waals surface area contributed by atoms with E-state index in [2.05, 4.69) is 10.5 Å². The summed E-state index contributed by atoms with van der Waals surface area (Å²) < 4.78 is 16.8. The maximum absolute atomic E-state index is 12.4. The van der Waals surface area contributed by atoms with E-state index < -0.39 is 0 Å². The molecule has 0 spiro atoms. The monoisotopic (exact) mass is 418 g/mol. The predicted octanol–water partition coefficient (Wildman–Crippen LogP) is 5.08. The molecule has 2 aromatic rings. The number of hydrogen-bond donors (Lipinski definition) is 1. The lowest BCUT2D eigenvalue weighted by Crippen LogP contribution is -2.17. The van der Waals surface area contributed by atoms with Crippen LogP contribution in [0.5, 0.6) is 17.2 Å². The molecule has 0 heterocycles. The minimum atomic E-state index is -0.349. The molecule has 0 radical (unpaired) electrons. The van der Waals surface area contributed by atoms with Gasteiger partial charge in [0.2, 0.25) is 0 Å². The van der Waals surface area contributed by atoms with Crippen LogP contribution in [0, 0.1) is 0 Å². The number of carbonyl (C=O) groups excluding carboxylic acids is 1. The minimum absolute atomic E-state index is 0.349. The fraction of sp³-hybridized carbons (Fsp3) is 0.364. The van der Waals surface area contributed by atoms with Gasteiger partial charge >= 0.3 is 0 Å². The Morgan fingerprint density at radius 2 is 1.66 bits per heavy atom. The summed E-state index contributed by atoms with van der Waals surface area (Å²) >= 11 is 6.20. The SMILES string of the molecule is CCCOc1ccc(/C=N/NC(=O)c2ccc(OCCC)c(OCC)c2)cc1Cl. The van der Waals surface area contributed by atoms with Crippen molar-refractivity contribution < 1.29 is 19.0 Å². The van der Waals surface area contributed by atoms with Crippen molar-refractivity contribution >= 4 is 23.7 Å². The fourth-order valence-corrected chi connectivity index (χ4v) is 2.65. The maximum Gasteiger partial charge on any atom is 0.271 e. The zero-order valence-electron chi connectivity index (χ0n) is 17.0. The van der Waals surface area contributed by atoms with Gasteiger partial charge in [0, 0.05) is 5.56 Å². The highest BCUT2D eigenvalue weighted by Gasteiger charge is 2.11. The van der Waals surface area contributed by atoms with Crippen LogP contribution >= 0.6 is 11.6 Å². The summed E-state index contributed by atoms with van der Waals surface area (Å²) in [7, 11) is 0. The van der Waals surface area contributed by atoms with E-state index in [0.29, 0.717) is 47.7 Å². The van der Waals surface area contributed by atoms with Crippen molar-refractivity contribution in [2.24, 2.45) is 5.10 Å². The second-order valence-electron chi connectivity index (χ2n) is 6.18. The molecule has 2 aromatic carbocycles. The fourth-order valence-electron chi connectivity index (χ4n) is 2.41. The van der Waals surface area contributed by atoms with Crippen LogP contribution in [-0.4, -0.2) is 31.9 Å². The molecule has 7 heteroatoms. The van der Waals surface area contributed by atoms with Crippen LogP contribution in [-0.2, 0) is 0 Å². The summed E-state index contributed by atoms with van der Waals surface area (Å²) in [6.07, 6.45) is 3.32. The molecule has 1 N–H and O–H groups in total. The summed E-state index contributed by atoms with van der Waals surface area (Å²) in [5.74, 6) is 1.43. The van der Waals surface area contributed by atoms with Crippen LogP contribution in [0.3, 0.4) is 0 Å². The number of amides is 1. The highest BCUT2D eigenvalue weighted by Crippen LogP contribution is 2.29. The lowest BCUT2D eigenvalue weighted by molar-refractivity contribution is 0.0954. The van der Waals surface area contributed by atoms with Crippen LogP contribution in [0.15, 0.2) is 41.5 Å². The average molecular weight is 419 g/mol. The maximum atomic E-state index is 12.4. The molecule has 1 amide bonds. The van der Waals surface area contributed by atoms with E-state index >= 15 is 0 Å². The van der Waals surface area contributed by atoms with Crippen LogP contribution in [0.25, 0.3) is 0 Å². The molecule has 2 rings (SSSR count). The first-order valence-corrected chi connectivity index (χ1v) is 10.1. The van der Waals surface area contributed by atoms with E-state index in [1.807, 2.05) is 26.8 Å². The lowest BCUT2D eigenvalue weighted by atomic mass is 10.2. The Bertz CT molecular complexity index is 840. The van der Waals surface area contributed by atoms with Gasteiger partial charge in [-0.15, -0.1) is 0 Å². The Morgan fingerprint density at radius 1 is 0.966 bits per heavy atom. The Balaban J connectivity index is 2.02. The van der Waals surface area contributed by atoms with Gasteiger partial charge in [0.15, 0.2) is 11.5 Å². The largest absolute Gasteiger partial charge is 0.492 e. The van der Waals surface area contributed by atoms with Crippen molar-refractivity contribution in [2.45, 2.75) is 33.6 Å². The summed E-state index contributed by atoms with van der Waals surface area (Å²) in [5.41, 5.74) is 3.68. The average Bonchev–Trinajstić information content (AvgIpc) is 2.72. The number of nitrogens with one attached hydrogen (secondary N) is 1. The van der Waals surface area contributed by atoms with Gasteiger partial charge in [-0.1, -0.05) is 25.4 Å². The zero-order chi connectivity index (χ0) is 21.1. The summed E-state index contributed by atoms with van der Waals surface area (Å²) in [6, 6.07) is 10.4. The van der Waals surface area contributed by atoms with Crippen LogP contribution in [0.4, 0.5) is 0 Å². The smallest absolute Gasteiger partial charge is 0.271 e. The minimum Gasteiger partial charge on any atom is -0.492 e. The van der Waals surface area contributed by atoms with E-state index in [4.69, 9.17) is 25.8 Å². The number of ether oxygens (including phenoxy) is 3. The number of hydrogen-bond acceptors (Lipinski definition) is 5. The molecule has 0 aliphatic rings. The molecule has 0 atom stereocenters. The first-order chi connectivity index (χ1) is 14.1. The zero-order valence-corrected chi connectivity index (χ0v) is 17.8. The van der Waals surface area contributed by atoms with Gasteiger partial charge in [-0.3, -0.25) is 4.79 Å². The van der Waals surface area contributed by atoms with Crippen molar-refractivity contribution in [1.82, 2.24) is 5.43 Å². The highest BCUT2D eigenvalue weighted by atomic mass is 35.5. The van der Waals surface area contributed by atoms with Gasteiger partial charge in [-0.2, -0.15) is 5.10 Å². The van der Waals surface area contributed by atoms with Crippen molar-refractivity contribution in [2.75, 3.05) is 19.8 Å². The summed E-state index contributed by atoms with van der Waals surface area (Å²) in [6.45, 7) is 7.60. The molecule has 0 aliphatic heterocycles. The van der Waals surface area contributed by atoms with E-state index in [1.54, 1.807) is 30.3 Å². The van der Waals surface area contributed by atoms with Crippen LogP contribution < -0.4 is 19.6 Å². The van der Waals surface area contributed by atoms with E-state index in [0.717, 1.165) is 18.4 Å². The number of hydrazone groups is 1. The number of carbonyl (C=O) groups is 1. The normalized spacial score (nSPS) is 10.8. The molecule has 6 nitrogen and oxygen atoms in total. The van der Waals surface area contributed by atoms with E-state index in [1.165, 1.54) is 6.21 Å². The second-order valence-corrected chi connectivity index (χ2v) is 6.59. The van der Waals surface area contributed by atoms with Gasteiger partial charge in [-0.05, 0) is 61.7 Å². The van der Waals surface area contributed by atoms with E-state index in [-0.39, 0.29) is 5.91 Å². The van der Waals surface area contributed by atoms with Crippen molar-refractivity contribution in [3.05, 3.63) is 52.5 Å². The predicted molar refractivity (Wildman–Crippen MR) is 116 cm³/mol. The highest BCUT2D eigenvalue weighted by molar-refractivity contribution is 6.32. The molecule has 0 saturated heterocycles. The van der Waals surface area contributed by atoms with Crippen molar-refractivity contribution in [3.63, 3.8) is 0 Å². The lowest BCUT2D eigenvalue weighted by Gasteiger charge is -2.12. The summed E-state index contributed by atoms with van der Waals surface area (Å²) in [4.78, 5) is 12.4. The summed E-state index contributed by atoms with van der Waals surface area (Å²) in [5, 5.41) is 4.50. The Kier molecular flexibility index (Phi) is 9.31. The number of nitrogens with zero attached hydrogens (tertiary/aromatic N) is 1. The molecule has 0 bridgehead atoms. The topological polar surface area (TPSA) is 69.2 Å². The van der Waals surface area contributed by atoms with Gasteiger partial charge < -0.3 is 14.2 Å². The third kappa shape index (κ3) is 6.98. The molecule has 0 aliphatic carbocycles. The van der Waals surface area contributed by atoms with Crippen LogP contribution in [0.2, 0.25) is 5.02 Å². The standard InChI is InChI=1S/C22H27ClN2O4/c1-4-11-28-19-9-7-16(13-18(19)23)15-24-25-22(26)17-8-10-20(29-12-5-2)21(14-17)27-6-3/h7-10,13-15H,4-6,11-12H2,1-3H3,(H,25,26)/b24-15+. The van der Waals surface area contributed by atoms with E-state index in [9.17, 15) is 4.79 Å². The first kappa shape index (κ1) is 22.6. The number of benzene rings is 2. The molecule has 0 aromatic heterocycles. The van der Waals surface area contributed by atoms with Crippen molar-refractivity contribution in [3.8, 4) is 17.2 Å². The third-order valence-corrected chi connectivity index (χ3v) is 4.06. The van der Waals surface area contributed by atoms with Crippen molar-refractivity contribution in [1.29, 1.82) is 0 Å². The van der Waals surface area contributed by atoms with Gasteiger partial charge in [0.1, 0.15) is 5.75 Å². The Morgan fingerprint density at radius 3 is 2.31 bits per heavy atom. The molecular formula is C22H27ClN2O4. The van der Waals surface area contributed by atoms with Gasteiger partial charge in [0.05, 0.1) is 31.1 Å². The van der Waals surface area contributed by atoms with Gasteiger partial charge in [-0.25, -0.2) is 5.43 Å². The molecular weight excluding hydrogens is 392 g/mol.